The van der Waals surface area contributed by atoms with Crippen LogP contribution in [-0.2, 0) is 0 Å². The Labute approximate surface area is 155 Å². The topological polar surface area (TPSA) is 64.8 Å². The first-order valence-corrected chi connectivity index (χ1v) is 9.13. The Morgan fingerprint density at radius 1 is 1.19 bits per heavy atom. The van der Waals surface area contributed by atoms with E-state index in [1.54, 1.807) is 42.0 Å². The van der Waals surface area contributed by atoms with Gasteiger partial charge in [0.25, 0.3) is 5.56 Å². The molecule has 1 fully saturated rings. The monoisotopic (exact) mass is 367 g/mol. The van der Waals surface area contributed by atoms with Gasteiger partial charge in [-0.3, -0.25) is 14.2 Å². The number of fused-ring (bicyclic) bond motifs is 1. The molecule has 3 aromatic rings. The lowest BCUT2D eigenvalue weighted by atomic mass is 9.98. The Balaban J connectivity index is 2.03. The molecular weight excluding hydrogens is 350 g/mol. The first-order valence-electron chi connectivity index (χ1n) is 8.75. The van der Waals surface area contributed by atoms with Crippen molar-refractivity contribution in [3.05, 3.63) is 68.9 Å². The molecule has 2 heterocycles. The maximum absolute atomic E-state index is 13.4. The summed E-state index contributed by atoms with van der Waals surface area (Å²) in [6.07, 6.45) is 5.53. The minimum Gasteiger partial charge on any atom is -0.289 e. The van der Waals surface area contributed by atoms with Crippen molar-refractivity contribution in [2.24, 2.45) is 0 Å². The van der Waals surface area contributed by atoms with Gasteiger partial charge in [0.1, 0.15) is 5.65 Å². The molecule has 5 nitrogen and oxygen atoms in total. The van der Waals surface area contributed by atoms with Crippen LogP contribution < -0.4 is 5.56 Å². The van der Waals surface area contributed by atoms with E-state index in [0.29, 0.717) is 22.2 Å². The van der Waals surface area contributed by atoms with Crippen molar-refractivity contribution in [3.63, 3.8) is 0 Å². The molecule has 0 atom stereocenters. The van der Waals surface area contributed by atoms with Crippen LogP contribution in [0, 0.1) is 6.92 Å². The average Bonchev–Trinajstić information content (AvgIpc) is 3.16. The number of hydrogen-bond acceptors (Lipinski definition) is 4. The van der Waals surface area contributed by atoms with Gasteiger partial charge in [-0.25, -0.2) is 4.98 Å². The molecular formula is C20H18ClN3O2. The van der Waals surface area contributed by atoms with Crippen molar-refractivity contribution in [3.8, 4) is 0 Å². The summed E-state index contributed by atoms with van der Waals surface area (Å²) < 4.78 is 1.67. The third kappa shape index (κ3) is 2.72. The summed E-state index contributed by atoms with van der Waals surface area (Å²) in [4.78, 5) is 34.8. The Kier molecular flexibility index (Phi) is 4.32. The zero-order chi connectivity index (χ0) is 18.3. The minimum atomic E-state index is -0.287. The molecule has 1 aliphatic carbocycles. The largest absolute Gasteiger partial charge is 0.289 e. The summed E-state index contributed by atoms with van der Waals surface area (Å²) in [6, 6.07) is 8.92. The number of aryl methyl sites for hydroxylation is 1. The zero-order valence-electron chi connectivity index (χ0n) is 14.4. The quantitative estimate of drug-likeness (QED) is 0.516. The molecule has 1 aromatic carbocycles. The second-order valence-corrected chi connectivity index (χ2v) is 7.02. The third-order valence-electron chi connectivity index (χ3n) is 5.13. The van der Waals surface area contributed by atoms with E-state index in [0.717, 1.165) is 25.7 Å². The van der Waals surface area contributed by atoms with Gasteiger partial charge in [-0.1, -0.05) is 43.2 Å². The van der Waals surface area contributed by atoms with Gasteiger partial charge in [0.15, 0.2) is 5.78 Å². The molecule has 0 spiro atoms. The molecule has 0 N–H and O–H groups in total. The average molecular weight is 368 g/mol. The molecule has 0 saturated heterocycles. The lowest BCUT2D eigenvalue weighted by Crippen LogP contribution is -2.31. The molecule has 0 radical (unpaired) electrons. The van der Waals surface area contributed by atoms with Gasteiger partial charge in [-0.15, -0.1) is 0 Å². The first kappa shape index (κ1) is 16.9. The Morgan fingerprint density at radius 2 is 1.88 bits per heavy atom. The second-order valence-electron chi connectivity index (χ2n) is 6.68. The molecule has 0 unspecified atom stereocenters. The van der Waals surface area contributed by atoms with Crippen LogP contribution in [0.1, 0.15) is 53.2 Å². The fraction of sp³-hybridized carbons (Fsp3) is 0.300. The summed E-state index contributed by atoms with van der Waals surface area (Å²) in [7, 11) is 0. The number of nitrogens with zero attached hydrogens (tertiary/aromatic N) is 3. The molecule has 2 aromatic heterocycles. The van der Waals surface area contributed by atoms with Crippen LogP contribution in [0.25, 0.3) is 11.0 Å². The number of benzene rings is 1. The van der Waals surface area contributed by atoms with Crippen molar-refractivity contribution in [1.82, 2.24) is 14.5 Å². The van der Waals surface area contributed by atoms with E-state index in [1.165, 1.54) is 0 Å². The van der Waals surface area contributed by atoms with Crippen LogP contribution in [0.4, 0.5) is 0 Å². The molecule has 0 aliphatic heterocycles. The van der Waals surface area contributed by atoms with E-state index in [4.69, 9.17) is 11.6 Å². The van der Waals surface area contributed by atoms with Crippen molar-refractivity contribution < 1.29 is 4.79 Å². The van der Waals surface area contributed by atoms with Gasteiger partial charge in [0.05, 0.1) is 5.56 Å². The SMILES string of the molecule is Cc1c(C(=O)c2ccccc2)c(=O)n(C2CCCC2)c2nc(Cl)ncc12. The molecule has 0 amide bonds. The first-order chi connectivity index (χ1) is 12.6. The molecule has 26 heavy (non-hydrogen) atoms. The zero-order valence-corrected chi connectivity index (χ0v) is 15.2. The van der Waals surface area contributed by atoms with Crippen LogP contribution in [0.5, 0.6) is 0 Å². The predicted molar refractivity (Wildman–Crippen MR) is 101 cm³/mol. The van der Waals surface area contributed by atoms with Crippen LogP contribution >= 0.6 is 11.6 Å². The van der Waals surface area contributed by atoms with E-state index in [2.05, 4.69) is 9.97 Å². The number of hydrogen-bond donors (Lipinski definition) is 0. The number of halogens is 1. The van der Waals surface area contributed by atoms with E-state index < -0.39 is 0 Å². The lowest BCUT2D eigenvalue weighted by molar-refractivity contribution is 0.103. The number of rotatable bonds is 3. The minimum absolute atomic E-state index is 0.0406. The summed E-state index contributed by atoms with van der Waals surface area (Å²) in [6.45, 7) is 1.77. The smallest absolute Gasteiger partial charge is 0.264 e. The standard InChI is InChI=1S/C20H18ClN3O2/c1-12-15-11-22-20(21)23-18(15)24(14-9-5-6-10-14)19(26)16(12)17(25)13-7-3-2-4-8-13/h2-4,7-8,11,14H,5-6,9-10H2,1H3. The summed E-state index contributed by atoms with van der Waals surface area (Å²) >= 11 is 6.00. The number of aromatic nitrogens is 3. The highest BCUT2D eigenvalue weighted by Crippen LogP contribution is 2.32. The maximum Gasteiger partial charge on any atom is 0.264 e. The van der Waals surface area contributed by atoms with Gasteiger partial charge in [0.2, 0.25) is 5.28 Å². The number of pyridine rings is 1. The normalized spacial score (nSPS) is 14.8. The fourth-order valence-electron chi connectivity index (χ4n) is 3.81. The summed E-state index contributed by atoms with van der Waals surface area (Å²) in [5.41, 5.74) is 1.53. The highest BCUT2D eigenvalue weighted by Gasteiger charge is 2.27. The van der Waals surface area contributed by atoms with E-state index in [9.17, 15) is 9.59 Å². The fourth-order valence-corrected chi connectivity index (χ4v) is 3.94. The molecule has 4 rings (SSSR count). The maximum atomic E-state index is 13.4. The Hall–Kier alpha value is -2.53. The van der Waals surface area contributed by atoms with Crippen molar-refractivity contribution >= 4 is 28.4 Å². The van der Waals surface area contributed by atoms with Gasteiger partial charge in [-0.2, -0.15) is 4.98 Å². The molecule has 0 bridgehead atoms. The highest BCUT2D eigenvalue weighted by atomic mass is 35.5. The highest BCUT2D eigenvalue weighted by molar-refractivity contribution is 6.28. The molecule has 6 heteroatoms. The summed E-state index contributed by atoms with van der Waals surface area (Å²) in [5.74, 6) is -0.267. The molecule has 1 saturated carbocycles. The molecule has 132 valence electrons. The van der Waals surface area contributed by atoms with Crippen LogP contribution in [0.3, 0.4) is 0 Å². The van der Waals surface area contributed by atoms with Gasteiger partial charge in [-0.05, 0) is 36.9 Å². The Morgan fingerprint density at radius 3 is 2.58 bits per heavy atom. The second kappa shape index (κ2) is 6.65. The van der Waals surface area contributed by atoms with E-state index in [-0.39, 0.29) is 28.2 Å². The van der Waals surface area contributed by atoms with Gasteiger partial charge >= 0.3 is 0 Å². The number of carbonyl (C=O) groups is 1. The summed E-state index contributed by atoms with van der Waals surface area (Å²) in [5, 5.41) is 0.797. The van der Waals surface area contributed by atoms with Crippen molar-refractivity contribution in [2.45, 2.75) is 38.6 Å². The van der Waals surface area contributed by atoms with Gasteiger partial charge < -0.3 is 0 Å². The van der Waals surface area contributed by atoms with E-state index in [1.807, 2.05) is 6.07 Å². The number of carbonyl (C=O) groups excluding carboxylic acids is 1. The molecule has 1 aliphatic rings. The third-order valence-corrected chi connectivity index (χ3v) is 5.31. The Bertz CT molecular complexity index is 1050. The van der Waals surface area contributed by atoms with Crippen molar-refractivity contribution in [2.75, 3.05) is 0 Å². The number of ketones is 1. The lowest BCUT2D eigenvalue weighted by Gasteiger charge is -2.19. The van der Waals surface area contributed by atoms with Crippen LogP contribution in [0.2, 0.25) is 5.28 Å². The van der Waals surface area contributed by atoms with Gasteiger partial charge in [0, 0.05) is 23.2 Å². The van der Waals surface area contributed by atoms with Crippen molar-refractivity contribution in [1.29, 1.82) is 0 Å². The van der Waals surface area contributed by atoms with E-state index >= 15 is 0 Å². The predicted octanol–water partition coefficient (Wildman–Crippen LogP) is 4.10. The van der Waals surface area contributed by atoms with Crippen LogP contribution in [-0.4, -0.2) is 20.3 Å². The van der Waals surface area contributed by atoms with Crippen LogP contribution in [0.15, 0.2) is 41.3 Å².